The second kappa shape index (κ2) is 4.78. The number of nitrogens with one attached hydrogen (secondary N) is 1. The van der Waals surface area contributed by atoms with E-state index >= 15 is 0 Å². The monoisotopic (exact) mass is 240 g/mol. The lowest BCUT2D eigenvalue weighted by Gasteiger charge is -2.14. The zero-order chi connectivity index (χ0) is 12.4. The molecule has 2 aromatic rings. The van der Waals surface area contributed by atoms with Gasteiger partial charge in [-0.1, -0.05) is 6.07 Å². The summed E-state index contributed by atoms with van der Waals surface area (Å²) in [5.74, 6) is 0.364. The van der Waals surface area contributed by atoms with Crippen LogP contribution in [0.25, 0.3) is 0 Å². The molecule has 0 fully saturated rings. The molecule has 1 aliphatic carbocycles. The first kappa shape index (κ1) is 11.2. The Bertz CT molecular complexity index is 539. The molecule has 1 aliphatic rings. The number of fused-ring (bicyclic) bond motifs is 1. The van der Waals surface area contributed by atoms with E-state index in [1.54, 1.807) is 6.07 Å². The van der Waals surface area contributed by atoms with Gasteiger partial charge in [-0.05, 0) is 53.8 Å². The molecular formula is C15H16N2O. The van der Waals surface area contributed by atoms with Gasteiger partial charge in [0.25, 0.3) is 0 Å². The van der Waals surface area contributed by atoms with Crippen LogP contribution in [0.5, 0.6) is 5.75 Å². The molecule has 18 heavy (non-hydrogen) atoms. The summed E-state index contributed by atoms with van der Waals surface area (Å²) >= 11 is 0. The van der Waals surface area contributed by atoms with Gasteiger partial charge in [-0.15, -0.1) is 0 Å². The van der Waals surface area contributed by atoms with Gasteiger partial charge < -0.3 is 10.4 Å². The summed E-state index contributed by atoms with van der Waals surface area (Å²) in [7, 11) is 0. The number of aromatic hydroxyl groups is 1. The van der Waals surface area contributed by atoms with Crippen LogP contribution in [0.2, 0.25) is 0 Å². The number of rotatable bonds is 3. The molecule has 3 heteroatoms. The molecule has 1 heterocycles. The first-order valence-corrected chi connectivity index (χ1v) is 6.27. The average molecular weight is 240 g/mol. The van der Waals surface area contributed by atoms with Crippen molar-refractivity contribution >= 4 is 0 Å². The number of hydrogen-bond acceptors (Lipinski definition) is 3. The van der Waals surface area contributed by atoms with E-state index in [4.69, 9.17) is 0 Å². The van der Waals surface area contributed by atoms with Crippen molar-refractivity contribution in [1.82, 2.24) is 10.3 Å². The van der Waals surface area contributed by atoms with Crippen molar-refractivity contribution in [1.29, 1.82) is 0 Å². The summed E-state index contributed by atoms with van der Waals surface area (Å²) < 4.78 is 0. The maximum atomic E-state index is 9.46. The van der Waals surface area contributed by atoms with E-state index in [-0.39, 0.29) is 0 Å². The largest absolute Gasteiger partial charge is 0.508 e. The van der Waals surface area contributed by atoms with E-state index in [0.717, 1.165) is 19.4 Å². The Morgan fingerprint density at radius 2 is 2.06 bits per heavy atom. The van der Waals surface area contributed by atoms with E-state index in [1.807, 2.05) is 36.7 Å². The van der Waals surface area contributed by atoms with E-state index in [9.17, 15) is 5.11 Å². The summed E-state index contributed by atoms with van der Waals surface area (Å²) in [6, 6.07) is 10.1. The molecule has 0 spiro atoms. The van der Waals surface area contributed by atoms with Gasteiger partial charge in [-0.2, -0.15) is 0 Å². The van der Waals surface area contributed by atoms with Crippen LogP contribution >= 0.6 is 0 Å². The van der Waals surface area contributed by atoms with Crippen molar-refractivity contribution in [2.75, 3.05) is 0 Å². The van der Waals surface area contributed by atoms with Gasteiger partial charge in [-0.25, -0.2) is 0 Å². The van der Waals surface area contributed by atoms with Crippen molar-refractivity contribution in [2.45, 2.75) is 25.4 Å². The maximum absolute atomic E-state index is 9.46. The quantitative estimate of drug-likeness (QED) is 0.866. The van der Waals surface area contributed by atoms with Crippen LogP contribution in [0.1, 0.15) is 29.2 Å². The molecule has 0 amide bonds. The van der Waals surface area contributed by atoms with Gasteiger partial charge in [0.1, 0.15) is 5.75 Å². The van der Waals surface area contributed by atoms with Crippen LogP contribution in [-0.4, -0.2) is 10.1 Å². The predicted molar refractivity (Wildman–Crippen MR) is 70.2 cm³/mol. The number of aromatic nitrogens is 1. The van der Waals surface area contributed by atoms with Crippen LogP contribution in [-0.2, 0) is 13.0 Å². The first-order chi connectivity index (χ1) is 8.83. The van der Waals surface area contributed by atoms with Crippen molar-refractivity contribution in [3.63, 3.8) is 0 Å². The fourth-order valence-electron chi connectivity index (χ4n) is 2.56. The summed E-state index contributed by atoms with van der Waals surface area (Å²) in [5, 5.41) is 13.0. The summed E-state index contributed by atoms with van der Waals surface area (Å²) in [6.45, 7) is 0.855. The topological polar surface area (TPSA) is 45.1 Å². The zero-order valence-electron chi connectivity index (χ0n) is 10.1. The molecule has 2 N–H and O–H groups in total. The van der Waals surface area contributed by atoms with E-state index in [2.05, 4.69) is 10.3 Å². The standard InChI is InChI=1S/C15H16N2O/c18-13-2-3-14-12(9-13)1-4-15(14)17-10-11-5-7-16-8-6-11/h2-3,5-9,15,17-18H,1,4,10H2. The first-order valence-electron chi connectivity index (χ1n) is 6.27. The highest BCUT2D eigenvalue weighted by Gasteiger charge is 2.21. The Labute approximate surface area is 107 Å². The molecule has 3 nitrogen and oxygen atoms in total. The highest BCUT2D eigenvalue weighted by Crippen LogP contribution is 2.33. The van der Waals surface area contributed by atoms with Gasteiger partial charge >= 0.3 is 0 Å². The second-order valence-electron chi connectivity index (χ2n) is 4.71. The molecule has 92 valence electrons. The molecule has 0 radical (unpaired) electrons. The fraction of sp³-hybridized carbons (Fsp3) is 0.267. The highest BCUT2D eigenvalue weighted by atomic mass is 16.3. The molecule has 1 atom stereocenters. The Kier molecular flexibility index (Phi) is 2.99. The second-order valence-corrected chi connectivity index (χ2v) is 4.71. The number of benzene rings is 1. The third kappa shape index (κ3) is 2.22. The molecular weight excluding hydrogens is 224 g/mol. The van der Waals surface area contributed by atoms with Gasteiger partial charge in [0.15, 0.2) is 0 Å². The minimum atomic E-state index is 0.364. The zero-order valence-corrected chi connectivity index (χ0v) is 10.1. The third-order valence-corrected chi connectivity index (χ3v) is 3.51. The number of hydrogen-bond donors (Lipinski definition) is 2. The average Bonchev–Trinajstić information content (AvgIpc) is 2.80. The van der Waals surface area contributed by atoms with Crippen LogP contribution in [0, 0.1) is 0 Å². The number of phenols is 1. The summed E-state index contributed by atoms with van der Waals surface area (Å²) in [6.07, 6.45) is 5.77. The minimum Gasteiger partial charge on any atom is -0.508 e. The predicted octanol–water partition coefficient (Wildman–Crippen LogP) is 2.56. The fourth-order valence-corrected chi connectivity index (χ4v) is 2.56. The minimum absolute atomic E-state index is 0.364. The number of pyridine rings is 1. The summed E-state index contributed by atoms with van der Waals surface area (Å²) in [4.78, 5) is 4.02. The van der Waals surface area contributed by atoms with E-state index < -0.39 is 0 Å². The van der Waals surface area contributed by atoms with Gasteiger partial charge in [0.05, 0.1) is 0 Å². The molecule has 0 bridgehead atoms. The van der Waals surface area contributed by atoms with Crippen molar-refractivity contribution in [2.24, 2.45) is 0 Å². The van der Waals surface area contributed by atoms with Crippen LogP contribution < -0.4 is 5.32 Å². The lowest BCUT2D eigenvalue weighted by molar-refractivity contribution is 0.474. The Balaban J connectivity index is 1.70. The van der Waals surface area contributed by atoms with Crippen LogP contribution in [0.3, 0.4) is 0 Å². The Hall–Kier alpha value is -1.87. The van der Waals surface area contributed by atoms with E-state index in [1.165, 1.54) is 16.7 Å². The molecule has 1 aromatic heterocycles. The third-order valence-electron chi connectivity index (χ3n) is 3.51. The van der Waals surface area contributed by atoms with Crippen LogP contribution in [0.4, 0.5) is 0 Å². The SMILES string of the molecule is Oc1ccc2c(c1)CCC2NCc1ccncc1. The Morgan fingerprint density at radius 1 is 1.22 bits per heavy atom. The number of aryl methyl sites for hydroxylation is 1. The number of nitrogens with zero attached hydrogens (tertiary/aromatic N) is 1. The lowest BCUT2D eigenvalue weighted by Crippen LogP contribution is -2.18. The van der Waals surface area contributed by atoms with Crippen molar-refractivity contribution in [3.8, 4) is 5.75 Å². The van der Waals surface area contributed by atoms with Gasteiger partial charge in [0, 0.05) is 25.0 Å². The Morgan fingerprint density at radius 3 is 2.89 bits per heavy atom. The van der Waals surface area contributed by atoms with Crippen molar-refractivity contribution < 1.29 is 5.11 Å². The van der Waals surface area contributed by atoms with Crippen LogP contribution in [0.15, 0.2) is 42.7 Å². The molecule has 1 unspecified atom stereocenters. The van der Waals surface area contributed by atoms with Crippen molar-refractivity contribution in [3.05, 3.63) is 59.4 Å². The highest BCUT2D eigenvalue weighted by molar-refractivity contribution is 5.40. The number of phenolic OH excluding ortho intramolecular Hbond substituents is 1. The molecule has 1 aromatic carbocycles. The summed E-state index contributed by atoms with van der Waals surface area (Å²) in [5.41, 5.74) is 3.83. The van der Waals surface area contributed by atoms with E-state index in [0.29, 0.717) is 11.8 Å². The smallest absolute Gasteiger partial charge is 0.115 e. The van der Waals surface area contributed by atoms with Gasteiger partial charge in [-0.3, -0.25) is 4.98 Å². The molecule has 0 saturated heterocycles. The maximum Gasteiger partial charge on any atom is 0.115 e. The molecule has 0 saturated carbocycles. The normalized spacial score (nSPS) is 17.7. The van der Waals surface area contributed by atoms with Gasteiger partial charge in [0.2, 0.25) is 0 Å². The molecule has 3 rings (SSSR count). The lowest BCUT2D eigenvalue weighted by atomic mass is 10.1. The molecule has 0 aliphatic heterocycles.